The van der Waals surface area contributed by atoms with Crippen molar-refractivity contribution in [2.24, 2.45) is 0 Å². The Morgan fingerprint density at radius 3 is 2.92 bits per heavy atom. The molecule has 4 rings (SSSR count). The molecule has 1 aromatic rings. The number of rotatable bonds is 2. The largest absolute Gasteiger partial charge is 0.368 e. The minimum absolute atomic E-state index is 0.0192. The molecule has 1 fully saturated rings. The number of halogens is 1. The van der Waals surface area contributed by atoms with Crippen molar-refractivity contribution in [3.63, 3.8) is 0 Å². The maximum atomic E-state index is 12.6. The van der Waals surface area contributed by atoms with Crippen molar-refractivity contribution in [2.45, 2.75) is 5.78 Å². The van der Waals surface area contributed by atoms with Crippen LogP contribution < -0.4 is 5.32 Å². The zero-order valence-corrected chi connectivity index (χ0v) is 14.8. The molecule has 0 radical (unpaired) electrons. The van der Waals surface area contributed by atoms with Crippen LogP contribution in [0.3, 0.4) is 0 Å². The molecule has 124 valence electrons. The molecule has 5 nitrogen and oxygen atoms in total. The monoisotopic (exact) mass is 360 g/mol. The third-order valence-electron chi connectivity index (χ3n) is 4.34. The van der Waals surface area contributed by atoms with Crippen molar-refractivity contribution < 1.29 is 4.79 Å². The van der Waals surface area contributed by atoms with E-state index in [1.807, 2.05) is 17.2 Å². The van der Waals surface area contributed by atoms with E-state index < -0.39 is 0 Å². The van der Waals surface area contributed by atoms with E-state index in [1.165, 1.54) is 0 Å². The molecule has 1 N–H and O–H groups in total. The van der Waals surface area contributed by atoms with Crippen LogP contribution in [0.4, 0.5) is 0 Å². The predicted octanol–water partition coefficient (Wildman–Crippen LogP) is 2.24. The summed E-state index contributed by atoms with van der Waals surface area (Å²) in [7, 11) is 0.486. The van der Waals surface area contributed by atoms with Crippen LogP contribution in [0.15, 0.2) is 48.6 Å². The number of carbonyl (C=O) groups is 1. The Bertz CT molecular complexity index is 755. The second-order valence-corrected chi connectivity index (χ2v) is 7.79. The second-order valence-electron chi connectivity index (χ2n) is 5.93. The average Bonchev–Trinajstić information content (AvgIpc) is 2.62. The summed E-state index contributed by atoms with van der Waals surface area (Å²) in [5.41, 5.74) is 2.05. The number of fused-ring (bicyclic) bond motifs is 1. The highest BCUT2D eigenvalue weighted by molar-refractivity contribution is 7.51. The van der Waals surface area contributed by atoms with E-state index >= 15 is 0 Å². The first-order valence-corrected chi connectivity index (χ1v) is 9.43. The fourth-order valence-corrected chi connectivity index (χ4v) is 4.64. The predicted molar refractivity (Wildman–Crippen MR) is 97.8 cm³/mol. The summed E-state index contributed by atoms with van der Waals surface area (Å²) in [5.74, 6) is 0.105. The number of pyridine rings is 1. The van der Waals surface area contributed by atoms with Crippen LogP contribution in [0.5, 0.6) is 0 Å². The molecule has 1 aromatic heterocycles. The Hall–Kier alpha value is -1.68. The molecule has 1 saturated heterocycles. The van der Waals surface area contributed by atoms with Crippen molar-refractivity contribution in [2.75, 3.05) is 26.2 Å². The third-order valence-corrected chi connectivity index (χ3v) is 6.06. The van der Waals surface area contributed by atoms with Gasteiger partial charge in [0.1, 0.15) is 0 Å². The van der Waals surface area contributed by atoms with Crippen LogP contribution in [0, 0.1) is 0 Å². The fraction of sp³-hybridized carbons (Fsp3) is 0.294. The summed E-state index contributed by atoms with van der Waals surface area (Å²) < 4.78 is 0. The lowest BCUT2D eigenvalue weighted by atomic mass is 10.2. The van der Waals surface area contributed by atoms with Gasteiger partial charge in [0.15, 0.2) is 0 Å². The van der Waals surface area contributed by atoms with Gasteiger partial charge >= 0.3 is 0 Å². The zero-order valence-electron chi connectivity index (χ0n) is 13.1. The molecule has 0 spiro atoms. The fourth-order valence-electron chi connectivity index (χ4n) is 3.10. The summed E-state index contributed by atoms with van der Waals surface area (Å²) >= 11 is 6.03. The van der Waals surface area contributed by atoms with Crippen LogP contribution in [0.1, 0.15) is 5.56 Å². The standard InChI is InChI=1S/C17H18ClN4OP/c18-13-7-12(9-20-10-13)15-8-16(23)22-11-14(1-2-17(22)24-15)21-5-3-19-4-6-21/h1-2,7-11,17,19,24H,3-6H2. The van der Waals surface area contributed by atoms with Gasteiger partial charge in [-0.3, -0.25) is 9.78 Å². The van der Waals surface area contributed by atoms with Gasteiger partial charge in [0.2, 0.25) is 0 Å². The number of carbonyl (C=O) groups excluding carboxylic acids is 1. The first-order chi connectivity index (χ1) is 11.7. The Balaban J connectivity index is 1.58. The van der Waals surface area contributed by atoms with Gasteiger partial charge in [-0.05, 0) is 17.5 Å². The first kappa shape index (κ1) is 15.8. The number of nitrogens with zero attached hydrogens (tertiary/aromatic N) is 3. The average molecular weight is 361 g/mol. The van der Waals surface area contributed by atoms with Gasteiger partial charge in [-0.15, -0.1) is 0 Å². The van der Waals surface area contributed by atoms with E-state index in [9.17, 15) is 4.79 Å². The van der Waals surface area contributed by atoms with Gasteiger partial charge in [-0.2, -0.15) is 0 Å². The summed E-state index contributed by atoms with van der Waals surface area (Å²) in [5, 5.41) is 4.95. The van der Waals surface area contributed by atoms with Crippen LogP contribution in [0.2, 0.25) is 5.02 Å². The topological polar surface area (TPSA) is 48.5 Å². The summed E-state index contributed by atoms with van der Waals surface area (Å²) in [6.45, 7) is 3.91. The van der Waals surface area contributed by atoms with E-state index in [0.29, 0.717) is 13.6 Å². The van der Waals surface area contributed by atoms with Crippen molar-refractivity contribution in [1.29, 1.82) is 0 Å². The number of hydrogen-bond donors (Lipinski definition) is 1. The molecule has 3 aliphatic heterocycles. The maximum Gasteiger partial charge on any atom is 0.252 e. The van der Waals surface area contributed by atoms with Crippen molar-refractivity contribution in [1.82, 2.24) is 20.1 Å². The molecule has 2 atom stereocenters. The second kappa shape index (κ2) is 6.67. The molecule has 0 aromatic carbocycles. The highest BCUT2D eigenvalue weighted by Crippen LogP contribution is 2.44. The van der Waals surface area contributed by atoms with Crippen molar-refractivity contribution in [3.8, 4) is 0 Å². The van der Waals surface area contributed by atoms with Gasteiger partial charge < -0.3 is 15.1 Å². The number of allylic oxidation sites excluding steroid dienone is 1. The SMILES string of the molecule is O=C1C=C(c2cncc(Cl)c2)PC2C=CC(N3CCNCC3)=CN12. The van der Waals surface area contributed by atoms with Gasteiger partial charge in [0.25, 0.3) is 5.91 Å². The number of hydrogen-bond acceptors (Lipinski definition) is 4. The molecule has 24 heavy (non-hydrogen) atoms. The lowest BCUT2D eigenvalue weighted by Gasteiger charge is -2.37. The van der Waals surface area contributed by atoms with Gasteiger partial charge in [0, 0.05) is 56.4 Å². The Morgan fingerprint density at radius 1 is 1.29 bits per heavy atom. The number of aromatic nitrogens is 1. The first-order valence-electron chi connectivity index (χ1n) is 7.98. The van der Waals surface area contributed by atoms with E-state index in [2.05, 4.69) is 27.4 Å². The minimum atomic E-state index is 0.0192. The van der Waals surface area contributed by atoms with Gasteiger partial charge in [0.05, 0.1) is 16.5 Å². The van der Waals surface area contributed by atoms with Crippen LogP contribution >= 0.6 is 20.2 Å². The highest BCUT2D eigenvalue weighted by atomic mass is 35.5. The third kappa shape index (κ3) is 3.12. The van der Waals surface area contributed by atoms with Crippen LogP contribution in [-0.2, 0) is 4.79 Å². The van der Waals surface area contributed by atoms with E-state index in [4.69, 9.17) is 11.6 Å². The zero-order chi connectivity index (χ0) is 16.5. The molecule has 2 unspecified atom stereocenters. The molecule has 7 heteroatoms. The number of amides is 1. The summed E-state index contributed by atoms with van der Waals surface area (Å²) in [4.78, 5) is 20.9. The molecule has 1 amide bonds. The Morgan fingerprint density at radius 2 is 2.12 bits per heavy atom. The van der Waals surface area contributed by atoms with E-state index in [1.54, 1.807) is 18.5 Å². The highest BCUT2D eigenvalue weighted by Gasteiger charge is 2.29. The quantitative estimate of drug-likeness (QED) is 0.822. The minimum Gasteiger partial charge on any atom is -0.368 e. The van der Waals surface area contributed by atoms with Gasteiger partial charge in [-0.25, -0.2) is 0 Å². The van der Waals surface area contributed by atoms with Crippen LogP contribution in [0.25, 0.3) is 5.31 Å². The van der Waals surface area contributed by atoms with Crippen LogP contribution in [-0.4, -0.2) is 52.7 Å². The number of nitrogens with one attached hydrogen (secondary N) is 1. The molecular formula is C17H18ClN4OP. The Kier molecular flexibility index (Phi) is 4.40. The molecule has 0 aliphatic carbocycles. The van der Waals surface area contributed by atoms with Crippen molar-refractivity contribution in [3.05, 3.63) is 59.2 Å². The van der Waals surface area contributed by atoms with Crippen molar-refractivity contribution >= 4 is 31.4 Å². The normalized spacial score (nSPS) is 24.7. The molecule has 4 heterocycles. The molecular weight excluding hydrogens is 343 g/mol. The Labute approximate surface area is 147 Å². The summed E-state index contributed by atoms with van der Waals surface area (Å²) in [6, 6.07) is 1.87. The maximum absolute atomic E-state index is 12.6. The number of piperazine rings is 1. The molecule has 0 saturated carbocycles. The molecule has 3 aliphatic rings. The lowest BCUT2D eigenvalue weighted by Crippen LogP contribution is -2.44. The van der Waals surface area contributed by atoms with E-state index in [0.717, 1.165) is 42.8 Å². The lowest BCUT2D eigenvalue weighted by molar-refractivity contribution is -0.123. The smallest absolute Gasteiger partial charge is 0.252 e. The van der Waals surface area contributed by atoms with Gasteiger partial charge in [-0.1, -0.05) is 26.3 Å². The van der Waals surface area contributed by atoms with E-state index in [-0.39, 0.29) is 11.7 Å². The summed E-state index contributed by atoms with van der Waals surface area (Å²) in [6.07, 6.45) is 11.4. The molecule has 0 bridgehead atoms.